The topological polar surface area (TPSA) is 57.4 Å². The van der Waals surface area contributed by atoms with Gasteiger partial charge >= 0.3 is 0 Å². The fourth-order valence-corrected chi connectivity index (χ4v) is 2.46. The monoisotopic (exact) mass is 302 g/mol. The van der Waals surface area contributed by atoms with Gasteiger partial charge in [0.25, 0.3) is 0 Å². The largest absolute Gasteiger partial charge is 0.483 e. The van der Waals surface area contributed by atoms with Gasteiger partial charge in [0.15, 0.2) is 18.1 Å². The van der Waals surface area contributed by atoms with E-state index in [1.807, 2.05) is 32.9 Å². The molecule has 1 aliphatic rings. The van der Waals surface area contributed by atoms with E-state index in [2.05, 4.69) is 30.1 Å². The van der Waals surface area contributed by atoms with Crippen LogP contribution in [0.4, 0.5) is 0 Å². The number of aromatic nitrogens is 2. The lowest BCUT2D eigenvalue weighted by Gasteiger charge is -2.18. The van der Waals surface area contributed by atoms with E-state index in [0.717, 1.165) is 17.9 Å². The number of rotatable bonds is 3. The Morgan fingerprint density at radius 2 is 2.05 bits per heavy atom. The molecule has 0 spiro atoms. The van der Waals surface area contributed by atoms with Crippen LogP contribution in [-0.4, -0.2) is 15.7 Å². The summed E-state index contributed by atoms with van der Waals surface area (Å²) in [6.45, 7) is 10.5. The zero-order chi connectivity index (χ0) is 16.0. The van der Waals surface area contributed by atoms with Crippen molar-refractivity contribution < 1.29 is 14.0 Å². The minimum Gasteiger partial charge on any atom is -0.483 e. The van der Waals surface area contributed by atoms with Gasteiger partial charge in [0.2, 0.25) is 11.7 Å². The van der Waals surface area contributed by atoms with Crippen molar-refractivity contribution in [2.75, 3.05) is 0 Å². The smallest absolute Gasteiger partial charge is 0.232 e. The van der Waals surface area contributed by atoms with Crippen molar-refractivity contribution in [1.82, 2.24) is 10.1 Å². The van der Waals surface area contributed by atoms with Crippen molar-refractivity contribution in [3.05, 3.63) is 35.5 Å². The van der Waals surface area contributed by atoms with Gasteiger partial charge in [-0.1, -0.05) is 38.1 Å². The molecular weight excluding hydrogens is 280 g/mol. The second kappa shape index (κ2) is 5.00. The van der Waals surface area contributed by atoms with E-state index in [1.165, 1.54) is 5.56 Å². The average Bonchev–Trinajstić information content (AvgIpc) is 2.98. The molecule has 0 fully saturated rings. The molecule has 1 aliphatic heterocycles. The number of fused-ring (bicyclic) bond motifs is 1. The van der Waals surface area contributed by atoms with E-state index in [-0.39, 0.29) is 17.6 Å². The van der Waals surface area contributed by atoms with Gasteiger partial charge in [0, 0.05) is 17.4 Å². The van der Waals surface area contributed by atoms with Crippen LogP contribution in [0.25, 0.3) is 0 Å². The second-order valence-electron chi connectivity index (χ2n) is 7.34. The fourth-order valence-electron chi connectivity index (χ4n) is 2.46. The molecule has 1 aromatic carbocycles. The summed E-state index contributed by atoms with van der Waals surface area (Å²) in [7, 11) is 0. The normalized spacial score (nSPS) is 16.2. The summed E-state index contributed by atoms with van der Waals surface area (Å²) < 4.78 is 17.1. The maximum atomic E-state index is 5.98. The first-order valence-electron chi connectivity index (χ1n) is 7.51. The van der Waals surface area contributed by atoms with Gasteiger partial charge in [0.05, 0.1) is 0 Å². The van der Waals surface area contributed by atoms with E-state index < -0.39 is 0 Å². The fraction of sp³-hybridized carbons (Fsp3) is 0.529. The molecule has 2 aromatic rings. The first kappa shape index (κ1) is 14.9. The Labute approximate surface area is 130 Å². The van der Waals surface area contributed by atoms with Crippen LogP contribution in [0.15, 0.2) is 22.7 Å². The summed E-state index contributed by atoms with van der Waals surface area (Å²) in [5.74, 6) is 2.71. The Kier molecular flexibility index (Phi) is 3.38. The van der Waals surface area contributed by atoms with Crippen molar-refractivity contribution in [3.8, 4) is 11.5 Å². The lowest BCUT2D eigenvalue weighted by atomic mass is 9.97. The highest BCUT2D eigenvalue weighted by Gasteiger charge is 2.32. The molecule has 0 radical (unpaired) electrons. The van der Waals surface area contributed by atoms with E-state index in [9.17, 15) is 0 Å². The Balaban J connectivity index is 1.74. The number of hydrogen-bond donors (Lipinski definition) is 0. The molecule has 118 valence electrons. The van der Waals surface area contributed by atoms with E-state index >= 15 is 0 Å². The quantitative estimate of drug-likeness (QED) is 0.866. The van der Waals surface area contributed by atoms with Crippen LogP contribution < -0.4 is 9.47 Å². The molecule has 5 nitrogen and oxygen atoms in total. The zero-order valence-corrected chi connectivity index (χ0v) is 13.8. The summed E-state index contributed by atoms with van der Waals surface area (Å²) in [6.07, 6.45) is 0.885. The summed E-state index contributed by atoms with van der Waals surface area (Å²) in [6, 6.07) is 5.96. The van der Waals surface area contributed by atoms with Crippen molar-refractivity contribution in [2.45, 2.75) is 58.7 Å². The molecule has 0 unspecified atom stereocenters. The van der Waals surface area contributed by atoms with E-state index in [0.29, 0.717) is 11.7 Å². The SMILES string of the molecule is CC1(C)Cc2cccc(OCc3noc(C(C)(C)C)n3)c2O1. The Morgan fingerprint density at radius 3 is 2.73 bits per heavy atom. The van der Waals surface area contributed by atoms with Gasteiger partial charge in [-0.15, -0.1) is 0 Å². The van der Waals surface area contributed by atoms with E-state index in [4.69, 9.17) is 14.0 Å². The van der Waals surface area contributed by atoms with Crippen LogP contribution in [0, 0.1) is 0 Å². The minimum atomic E-state index is -0.187. The maximum Gasteiger partial charge on any atom is 0.232 e. The van der Waals surface area contributed by atoms with Crippen LogP contribution in [0.2, 0.25) is 0 Å². The first-order chi connectivity index (χ1) is 10.2. The van der Waals surface area contributed by atoms with Crippen molar-refractivity contribution in [1.29, 1.82) is 0 Å². The Bertz CT molecular complexity index is 683. The lowest BCUT2D eigenvalue weighted by Crippen LogP contribution is -2.24. The molecule has 2 heterocycles. The van der Waals surface area contributed by atoms with Crippen LogP contribution in [0.5, 0.6) is 11.5 Å². The lowest BCUT2D eigenvalue weighted by molar-refractivity contribution is 0.131. The van der Waals surface area contributed by atoms with Crippen molar-refractivity contribution >= 4 is 0 Å². The van der Waals surface area contributed by atoms with E-state index in [1.54, 1.807) is 0 Å². The summed E-state index contributed by atoms with van der Waals surface area (Å²) in [5, 5.41) is 3.97. The number of benzene rings is 1. The molecule has 0 bridgehead atoms. The molecule has 1 aromatic heterocycles. The average molecular weight is 302 g/mol. The number of ether oxygens (including phenoxy) is 2. The summed E-state index contributed by atoms with van der Waals surface area (Å²) in [5.41, 5.74) is 0.825. The maximum absolute atomic E-state index is 5.98. The van der Waals surface area contributed by atoms with Crippen LogP contribution >= 0.6 is 0 Å². The summed E-state index contributed by atoms with van der Waals surface area (Å²) >= 11 is 0. The summed E-state index contributed by atoms with van der Waals surface area (Å²) in [4.78, 5) is 4.38. The highest BCUT2D eigenvalue weighted by Crippen LogP contribution is 2.41. The first-order valence-corrected chi connectivity index (χ1v) is 7.51. The molecule has 5 heteroatoms. The molecule has 0 saturated heterocycles. The molecule has 3 rings (SSSR count). The van der Waals surface area contributed by atoms with Crippen LogP contribution in [0.1, 0.15) is 51.9 Å². The standard InChI is InChI=1S/C17H22N2O3/c1-16(2,3)15-18-13(19-22-15)10-20-12-8-6-7-11-9-17(4,5)21-14(11)12/h6-8H,9-10H2,1-5H3. The van der Waals surface area contributed by atoms with Crippen molar-refractivity contribution in [2.24, 2.45) is 0 Å². The van der Waals surface area contributed by atoms with Gasteiger partial charge in [0.1, 0.15) is 5.60 Å². The zero-order valence-electron chi connectivity index (χ0n) is 13.8. The molecule has 0 N–H and O–H groups in total. The molecule has 0 amide bonds. The molecular formula is C17H22N2O3. The third kappa shape index (κ3) is 2.93. The molecule has 22 heavy (non-hydrogen) atoms. The van der Waals surface area contributed by atoms with Crippen molar-refractivity contribution in [3.63, 3.8) is 0 Å². The minimum absolute atomic E-state index is 0.160. The van der Waals surface area contributed by atoms with Crippen LogP contribution in [0.3, 0.4) is 0 Å². The third-order valence-corrected chi connectivity index (χ3v) is 3.52. The highest BCUT2D eigenvalue weighted by molar-refractivity contribution is 5.50. The van der Waals surface area contributed by atoms with Gasteiger partial charge in [-0.3, -0.25) is 0 Å². The molecule has 0 aliphatic carbocycles. The third-order valence-electron chi connectivity index (χ3n) is 3.52. The van der Waals surface area contributed by atoms with Crippen LogP contribution in [-0.2, 0) is 18.4 Å². The van der Waals surface area contributed by atoms with Gasteiger partial charge in [-0.05, 0) is 19.9 Å². The molecule has 0 saturated carbocycles. The number of hydrogen-bond acceptors (Lipinski definition) is 5. The predicted molar refractivity (Wildman–Crippen MR) is 82.2 cm³/mol. The Hall–Kier alpha value is -2.04. The highest BCUT2D eigenvalue weighted by atomic mass is 16.5. The van der Waals surface area contributed by atoms with Gasteiger partial charge in [-0.2, -0.15) is 4.98 Å². The van der Waals surface area contributed by atoms with Gasteiger partial charge < -0.3 is 14.0 Å². The molecule has 0 atom stereocenters. The number of para-hydroxylation sites is 1. The second-order valence-corrected chi connectivity index (χ2v) is 7.34. The predicted octanol–water partition coefficient (Wildman–Crippen LogP) is 3.66. The Morgan fingerprint density at radius 1 is 1.27 bits per heavy atom. The van der Waals surface area contributed by atoms with Gasteiger partial charge in [-0.25, -0.2) is 0 Å². The number of nitrogens with zero attached hydrogens (tertiary/aromatic N) is 2.